The number of aliphatic hydroxyl groups is 1. The largest absolute Gasteiger partial charge is 0.496 e. The number of methoxy groups -OCH3 is 1. The van der Waals surface area contributed by atoms with Gasteiger partial charge < -0.3 is 9.84 Å². The molecule has 0 spiro atoms. The van der Waals surface area contributed by atoms with E-state index in [4.69, 9.17) is 4.74 Å². The molecule has 1 aromatic rings. The van der Waals surface area contributed by atoms with Gasteiger partial charge in [-0.2, -0.15) is 0 Å². The normalized spacial score (nSPS) is 35.5. The fraction of sp³-hybridized carbons (Fsp3) is 0.643. The molecule has 1 aromatic heterocycles. The molecule has 0 aliphatic carbocycles. The fourth-order valence-electron chi connectivity index (χ4n) is 3.58. The van der Waals surface area contributed by atoms with Gasteiger partial charge in [-0.3, -0.25) is 4.98 Å². The summed E-state index contributed by atoms with van der Waals surface area (Å²) in [5.74, 6) is 0.569. The monoisotopic (exact) mass is 297 g/mol. The van der Waals surface area contributed by atoms with Crippen LogP contribution in [0.1, 0.15) is 37.7 Å². The lowest BCUT2D eigenvalue weighted by atomic mass is 9.81. The van der Waals surface area contributed by atoms with E-state index in [-0.39, 0.29) is 12.8 Å². The fourth-order valence-corrected chi connectivity index (χ4v) is 6.13. The SMILES string of the molecule is COc1ccncc1C1(O)CC2CCCC(C1)S2(=O)=O. The second-order valence-electron chi connectivity index (χ2n) is 5.78. The molecule has 2 bridgehead atoms. The molecule has 1 N–H and O–H groups in total. The first-order valence-corrected chi connectivity index (χ1v) is 8.52. The molecule has 20 heavy (non-hydrogen) atoms. The van der Waals surface area contributed by atoms with Gasteiger partial charge in [-0.25, -0.2) is 8.42 Å². The van der Waals surface area contributed by atoms with Crippen LogP contribution in [-0.4, -0.2) is 36.1 Å². The van der Waals surface area contributed by atoms with E-state index in [1.165, 1.54) is 0 Å². The van der Waals surface area contributed by atoms with Crippen LogP contribution in [0, 0.1) is 0 Å². The number of aromatic nitrogens is 1. The van der Waals surface area contributed by atoms with Gasteiger partial charge in [0.25, 0.3) is 0 Å². The molecule has 2 unspecified atom stereocenters. The first-order valence-electron chi connectivity index (χ1n) is 6.91. The maximum absolute atomic E-state index is 12.3. The van der Waals surface area contributed by atoms with E-state index in [9.17, 15) is 13.5 Å². The van der Waals surface area contributed by atoms with Crippen LogP contribution in [-0.2, 0) is 15.4 Å². The van der Waals surface area contributed by atoms with Gasteiger partial charge in [0.15, 0.2) is 9.84 Å². The van der Waals surface area contributed by atoms with Gasteiger partial charge in [-0.15, -0.1) is 0 Å². The van der Waals surface area contributed by atoms with Crippen LogP contribution in [0.4, 0.5) is 0 Å². The van der Waals surface area contributed by atoms with E-state index in [0.29, 0.717) is 24.2 Å². The van der Waals surface area contributed by atoms with Crippen LogP contribution in [0.2, 0.25) is 0 Å². The van der Waals surface area contributed by atoms with Crippen molar-refractivity contribution in [1.82, 2.24) is 4.98 Å². The standard InChI is InChI=1S/C14H19NO4S/c1-19-13-5-6-15-9-12(13)14(16)7-10-3-2-4-11(8-14)20(10,17)18/h5-6,9-11,16H,2-4,7-8H2,1H3. The first kappa shape index (κ1) is 13.8. The number of pyridine rings is 1. The summed E-state index contributed by atoms with van der Waals surface area (Å²) in [6, 6.07) is 1.70. The van der Waals surface area contributed by atoms with E-state index in [1.807, 2.05) is 0 Å². The van der Waals surface area contributed by atoms with Gasteiger partial charge in [0.05, 0.1) is 23.2 Å². The topological polar surface area (TPSA) is 76.5 Å². The summed E-state index contributed by atoms with van der Waals surface area (Å²) in [5.41, 5.74) is -0.546. The van der Waals surface area contributed by atoms with E-state index >= 15 is 0 Å². The lowest BCUT2D eigenvalue weighted by molar-refractivity contribution is 0.00270. The van der Waals surface area contributed by atoms with Crippen molar-refractivity contribution in [2.75, 3.05) is 7.11 Å². The van der Waals surface area contributed by atoms with Gasteiger partial charge in [0, 0.05) is 18.0 Å². The number of sulfone groups is 1. The predicted octanol–water partition coefficient (Wildman–Crippen LogP) is 1.41. The summed E-state index contributed by atoms with van der Waals surface area (Å²) in [5, 5.41) is 10.1. The Balaban J connectivity index is 2.02. The molecule has 2 atom stereocenters. The van der Waals surface area contributed by atoms with Crippen molar-refractivity contribution in [1.29, 1.82) is 0 Å². The van der Waals surface area contributed by atoms with E-state index < -0.39 is 25.9 Å². The van der Waals surface area contributed by atoms with Gasteiger partial charge in [0.2, 0.25) is 0 Å². The Bertz CT molecular complexity index is 593. The summed E-state index contributed by atoms with van der Waals surface area (Å²) in [4.78, 5) is 4.05. The van der Waals surface area contributed by atoms with Gasteiger partial charge in [-0.05, 0) is 31.7 Å². The minimum atomic E-state index is -3.09. The molecule has 110 valence electrons. The maximum atomic E-state index is 12.3. The highest BCUT2D eigenvalue weighted by molar-refractivity contribution is 7.92. The Kier molecular flexibility index (Phi) is 3.25. The van der Waals surface area contributed by atoms with Crippen molar-refractivity contribution in [3.05, 3.63) is 24.0 Å². The van der Waals surface area contributed by atoms with Gasteiger partial charge in [-0.1, -0.05) is 6.42 Å². The van der Waals surface area contributed by atoms with Crippen molar-refractivity contribution in [3.8, 4) is 5.75 Å². The third-order valence-electron chi connectivity index (χ3n) is 4.61. The van der Waals surface area contributed by atoms with Crippen LogP contribution >= 0.6 is 0 Å². The summed E-state index contributed by atoms with van der Waals surface area (Å²) >= 11 is 0. The number of ether oxygens (including phenoxy) is 1. The summed E-state index contributed by atoms with van der Waals surface area (Å²) in [6.07, 6.45) is 5.89. The first-order chi connectivity index (χ1) is 9.47. The van der Waals surface area contributed by atoms with Crippen LogP contribution in [0.25, 0.3) is 0 Å². The number of hydrogen-bond acceptors (Lipinski definition) is 5. The van der Waals surface area contributed by atoms with Crippen molar-refractivity contribution < 1.29 is 18.3 Å². The summed E-state index contributed by atoms with van der Waals surface area (Å²) in [7, 11) is -1.54. The third kappa shape index (κ3) is 2.02. The van der Waals surface area contributed by atoms with Crippen LogP contribution in [0.3, 0.4) is 0 Å². The van der Waals surface area contributed by atoms with Crippen molar-refractivity contribution >= 4 is 9.84 Å². The van der Waals surface area contributed by atoms with Crippen molar-refractivity contribution in [3.63, 3.8) is 0 Å². The van der Waals surface area contributed by atoms with E-state index in [2.05, 4.69) is 4.98 Å². The zero-order valence-corrected chi connectivity index (χ0v) is 12.3. The average molecular weight is 297 g/mol. The quantitative estimate of drug-likeness (QED) is 0.893. The zero-order valence-electron chi connectivity index (χ0n) is 11.4. The van der Waals surface area contributed by atoms with Gasteiger partial charge >= 0.3 is 0 Å². The second kappa shape index (κ2) is 4.70. The maximum Gasteiger partial charge on any atom is 0.156 e. The Morgan fingerprint density at radius 1 is 1.35 bits per heavy atom. The number of rotatable bonds is 2. The highest BCUT2D eigenvalue weighted by atomic mass is 32.2. The van der Waals surface area contributed by atoms with Crippen LogP contribution < -0.4 is 4.74 Å². The van der Waals surface area contributed by atoms with Crippen molar-refractivity contribution in [2.24, 2.45) is 0 Å². The van der Waals surface area contributed by atoms with E-state index in [0.717, 1.165) is 6.42 Å². The number of fused-ring (bicyclic) bond motifs is 2. The number of hydrogen-bond donors (Lipinski definition) is 1. The highest BCUT2D eigenvalue weighted by Gasteiger charge is 2.51. The zero-order chi connectivity index (χ0) is 14.4. The lowest BCUT2D eigenvalue weighted by Gasteiger charge is -2.44. The number of nitrogens with zero attached hydrogens (tertiary/aromatic N) is 1. The molecule has 2 aliphatic heterocycles. The molecule has 3 rings (SSSR count). The van der Waals surface area contributed by atoms with Crippen LogP contribution in [0.15, 0.2) is 18.5 Å². The molecular weight excluding hydrogens is 278 g/mol. The molecule has 0 radical (unpaired) electrons. The summed E-state index contributed by atoms with van der Waals surface area (Å²) in [6.45, 7) is 0. The molecule has 0 aromatic carbocycles. The molecule has 6 heteroatoms. The minimum Gasteiger partial charge on any atom is -0.496 e. The van der Waals surface area contributed by atoms with Crippen LogP contribution in [0.5, 0.6) is 5.75 Å². The second-order valence-corrected chi connectivity index (χ2v) is 8.29. The Morgan fingerprint density at radius 3 is 2.60 bits per heavy atom. The van der Waals surface area contributed by atoms with E-state index in [1.54, 1.807) is 25.6 Å². The molecule has 2 saturated heterocycles. The lowest BCUT2D eigenvalue weighted by Crippen LogP contribution is -2.50. The van der Waals surface area contributed by atoms with Crippen molar-refractivity contribution in [2.45, 2.75) is 48.2 Å². The third-order valence-corrected chi connectivity index (χ3v) is 7.28. The Labute approximate surface area is 118 Å². The molecule has 5 nitrogen and oxygen atoms in total. The molecule has 2 aliphatic rings. The molecule has 0 saturated carbocycles. The van der Waals surface area contributed by atoms with Gasteiger partial charge in [0.1, 0.15) is 5.75 Å². The average Bonchev–Trinajstić information content (AvgIpc) is 2.41. The summed E-state index contributed by atoms with van der Waals surface area (Å²) < 4.78 is 29.9. The molecule has 2 fully saturated rings. The smallest absolute Gasteiger partial charge is 0.156 e. The predicted molar refractivity (Wildman–Crippen MR) is 74.3 cm³/mol. The molecule has 3 heterocycles. The highest BCUT2D eigenvalue weighted by Crippen LogP contribution is 2.47. The molecular formula is C14H19NO4S. The molecule has 0 amide bonds. The Hall–Kier alpha value is -1.14. The minimum absolute atomic E-state index is 0.244. The Morgan fingerprint density at radius 2 is 2.00 bits per heavy atom.